The van der Waals surface area contributed by atoms with Crippen LogP contribution in [0.4, 0.5) is 0 Å². The van der Waals surface area contributed by atoms with Crippen molar-refractivity contribution < 1.29 is 0 Å². The SMILES string of the molecule is Cc1cc(SCC#N)nc2ccc(Br)cc12. The Labute approximate surface area is 107 Å². The zero-order chi connectivity index (χ0) is 11.5. The predicted octanol–water partition coefficient (Wildman–Crippen LogP) is 3.92. The third-order valence-corrected chi connectivity index (χ3v) is 3.51. The third-order valence-electron chi connectivity index (χ3n) is 2.24. The number of benzene rings is 1. The average molecular weight is 293 g/mol. The molecule has 2 nitrogen and oxygen atoms in total. The summed E-state index contributed by atoms with van der Waals surface area (Å²) < 4.78 is 1.06. The molecule has 0 aliphatic carbocycles. The molecule has 0 bridgehead atoms. The molecule has 2 aromatic rings. The highest BCUT2D eigenvalue weighted by molar-refractivity contribution is 9.10. The highest BCUT2D eigenvalue weighted by Gasteiger charge is 2.03. The summed E-state index contributed by atoms with van der Waals surface area (Å²) in [4.78, 5) is 4.51. The fraction of sp³-hybridized carbons (Fsp3) is 0.167. The lowest BCUT2D eigenvalue weighted by molar-refractivity contribution is 1.17. The van der Waals surface area contributed by atoms with Gasteiger partial charge in [0.1, 0.15) is 0 Å². The Bertz CT molecular complexity index is 575. The molecule has 0 radical (unpaired) electrons. The van der Waals surface area contributed by atoms with Crippen molar-refractivity contribution in [1.82, 2.24) is 4.98 Å². The largest absolute Gasteiger partial charge is 0.241 e. The first-order valence-corrected chi connectivity index (χ1v) is 6.55. The van der Waals surface area contributed by atoms with Crippen LogP contribution < -0.4 is 0 Å². The lowest BCUT2D eigenvalue weighted by Crippen LogP contribution is -1.87. The van der Waals surface area contributed by atoms with Gasteiger partial charge in [-0.15, -0.1) is 0 Å². The Morgan fingerprint density at radius 1 is 1.44 bits per heavy atom. The van der Waals surface area contributed by atoms with Crippen molar-refractivity contribution >= 4 is 38.6 Å². The number of rotatable bonds is 2. The van der Waals surface area contributed by atoms with Crippen molar-refractivity contribution in [1.29, 1.82) is 5.26 Å². The second-order valence-corrected chi connectivity index (χ2v) is 5.30. The van der Waals surface area contributed by atoms with Crippen LogP contribution in [-0.2, 0) is 0 Å². The van der Waals surface area contributed by atoms with Crippen LogP contribution in [0.2, 0.25) is 0 Å². The monoisotopic (exact) mass is 292 g/mol. The number of thioether (sulfide) groups is 1. The summed E-state index contributed by atoms with van der Waals surface area (Å²) in [6.07, 6.45) is 0. The van der Waals surface area contributed by atoms with Crippen LogP contribution in [0, 0.1) is 18.3 Å². The molecule has 0 N–H and O–H groups in total. The topological polar surface area (TPSA) is 36.7 Å². The Kier molecular flexibility index (Phi) is 3.47. The van der Waals surface area contributed by atoms with Crippen molar-refractivity contribution in [3.05, 3.63) is 34.3 Å². The average Bonchev–Trinajstić information content (AvgIpc) is 2.27. The molecule has 0 spiro atoms. The standard InChI is InChI=1S/C12H9BrN2S/c1-8-6-12(16-5-4-14)15-11-3-2-9(13)7-10(8)11/h2-3,6-7H,5H2,1H3. The maximum Gasteiger partial charge on any atom is 0.0980 e. The molecule has 0 saturated carbocycles. The second kappa shape index (κ2) is 4.86. The van der Waals surface area contributed by atoms with Gasteiger partial charge >= 0.3 is 0 Å². The molecule has 0 amide bonds. The summed E-state index contributed by atoms with van der Waals surface area (Å²) in [6, 6.07) is 10.2. The van der Waals surface area contributed by atoms with E-state index < -0.39 is 0 Å². The van der Waals surface area contributed by atoms with E-state index in [1.807, 2.05) is 18.2 Å². The van der Waals surface area contributed by atoms with Gasteiger partial charge in [0.05, 0.1) is 22.4 Å². The summed E-state index contributed by atoms with van der Waals surface area (Å²) in [5.74, 6) is 0.439. The molecule has 1 aromatic carbocycles. The highest BCUT2D eigenvalue weighted by atomic mass is 79.9. The van der Waals surface area contributed by atoms with Crippen molar-refractivity contribution in [3.63, 3.8) is 0 Å². The van der Waals surface area contributed by atoms with Crippen LogP contribution in [0.25, 0.3) is 10.9 Å². The lowest BCUT2D eigenvalue weighted by Gasteiger charge is -2.05. The Morgan fingerprint density at radius 3 is 3.00 bits per heavy atom. The van der Waals surface area contributed by atoms with E-state index in [0.29, 0.717) is 5.75 Å². The molecule has 0 unspecified atom stereocenters. The van der Waals surface area contributed by atoms with E-state index in [4.69, 9.17) is 5.26 Å². The smallest absolute Gasteiger partial charge is 0.0980 e. The Balaban J connectivity index is 2.51. The molecule has 0 fully saturated rings. The second-order valence-electron chi connectivity index (χ2n) is 3.39. The quantitative estimate of drug-likeness (QED) is 0.787. The van der Waals surface area contributed by atoms with Crippen LogP contribution in [0.1, 0.15) is 5.56 Å². The van der Waals surface area contributed by atoms with Crippen molar-refractivity contribution in [3.8, 4) is 6.07 Å². The Hall–Kier alpha value is -1.05. The number of aryl methyl sites for hydroxylation is 1. The number of nitrogens with zero attached hydrogens (tertiary/aromatic N) is 2. The maximum atomic E-state index is 8.54. The van der Waals surface area contributed by atoms with Crippen LogP contribution in [-0.4, -0.2) is 10.7 Å². The minimum atomic E-state index is 0.439. The van der Waals surface area contributed by atoms with Crippen LogP contribution in [0.5, 0.6) is 0 Å². The van der Waals surface area contributed by atoms with Crippen LogP contribution >= 0.6 is 27.7 Å². The van der Waals surface area contributed by atoms with Gasteiger partial charge < -0.3 is 0 Å². The van der Waals surface area contributed by atoms with Crippen molar-refractivity contribution in [2.45, 2.75) is 11.9 Å². The first kappa shape index (κ1) is 11.4. The number of hydrogen-bond donors (Lipinski definition) is 0. The van der Waals surface area contributed by atoms with Gasteiger partial charge in [-0.3, -0.25) is 0 Å². The van der Waals surface area contributed by atoms with Gasteiger partial charge in [-0.25, -0.2) is 4.98 Å². The number of aromatic nitrogens is 1. The molecule has 0 saturated heterocycles. The molecular weight excluding hydrogens is 284 g/mol. The molecule has 1 aromatic heterocycles. The van der Waals surface area contributed by atoms with Gasteiger partial charge in [-0.1, -0.05) is 27.7 Å². The van der Waals surface area contributed by atoms with E-state index in [1.54, 1.807) is 0 Å². The van der Waals surface area contributed by atoms with E-state index >= 15 is 0 Å². The first-order valence-electron chi connectivity index (χ1n) is 4.77. The molecule has 4 heteroatoms. The fourth-order valence-corrected chi connectivity index (χ4v) is 2.51. The minimum absolute atomic E-state index is 0.439. The lowest BCUT2D eigenvalue weighted by atomic mass is 10.1. The summed E-state index contributed by atoms with van der Waals surface area (Å²) in [5, 5.41) is 10.6. The summed E-state index contributed by atoms with van der Waals surface area (Å²) in [6.45, 7) is 2.06. The van der Waals surface area contributed by atoms with E-state index in [9.17, 15) is 0 Å². The Morgan fingerprint density at radius 2 is 2.25 bits per heavy atom. The molecule has 0 aliphatic rings. The fourth-order valence-electron chi connectivity index (χ4n) is 1.52. The number of pyridine rings is 1. The number of hydrogen-bond acceptors (Lipinski definition) is 3. The van der Waals surface area contributed by atoms with Crippen LogP contribution in [0.3, 0.4) is 0 Å². The van der Waals surface area contributed by atoms with E-state index in [-0.39, 0.29) is 0 Å². The van der Waals surface area contributed by atoms with Crippen molar-refractivity contribution in [2.75, 3.05) is 5.75 Å². The number of fused-ring (bicyclic) bond motifs is 1. The number of nitriles is 1. The maximum absolute atomic E-state index is 8.54. The van der Waals surface area contributed by atoms with Crippen LogP contribution in [0.15, 0.2) is 33.8 Å². The molecule has 16 heavy (non-hydrogen) atoms. The van der Waals surface area contributed by atoms with E-state index in [1.165, 1.54) is 17.3 Å². The molecule has 2 rings (SSSR count). The molecule has 0 atom stereocenters. The van der Waals surface area contributed by atoms with Gasteiger partial charge in [0.15, 0.2) is 0 Å². The van der Waals surface area contributed by atoms with Gasteiger partial charge in [0.25, 0.3) is 0 Å². The summed E-state index contributed by atoms with van der Waals surface area (Å²) in [7, 11) is 0. The predicted molar refractivity (Wildman–Crippen MR) is 70.5 cm³/mol. The molecule has 1 heterocycles. The zero-order valence-corrected chi connectivity index (χ0v) is 11.1. The van der Waals surface area contributed by atoms with Gasteiger partial charge in [-0.2, -0.15) is 5.26 Å². The van der Waals surface area contributed by atoms with Gasteiger partial charge in [0.2, 0.25) is 0 Å². The molecule has 0 aliphatic heterocycles. The summed E-state index contributed by atoms with van der Waals surface area (Å²) in [5.41, 5.74) is 2.16. The summed E-state index contributed by atoms with van der Waals surface area (Å²) >= 11 is 4.92. The normalized spacial score (nSPS) is 10.3. The first-order chi connectivity index (χ1) is 7.70. The van der Waals surface area contributed by atoms with E-state index in [2.05, 4.69) is 40.0 Å². The minimum Gasteiger partial charge on any atom is -0.241 e. The van der Waals surface area contributed by atoms with E-state index in [0.717, 1.165) is 20.4 Å². The zero-order valence-electron chi connectivity index (χ0n) is 8.70. The van der Waals surface area contributed by atoms with Crippen molar-refractivity contribution in [2.24, 2.45) is 0 Å². The molecular formula is C12H9BrN2S. The molecule has 80 valence electrons. The third kappa shape index (κ3) is 2.37. The van der Waals surface area contributed by atoms with Gasteiger partial charge in [0, 0.05) is 9.86 Å². The number of halogens is 1. The van der Waals surface area contributed by atoms with Gasteiger partial charge in [-0.05, 0) is 36.8 Å². The highest BCUT2D eigenvalue weighted by Crippen LogP contribution is 2.25.